The summed E-state index contributed by atoms with van der Waals surface area (Å²) < 4.78 is 17.1. The molecular formula is C11H13BrO3. The SMILES string of the molecule is Brc1ccccc1COCC1OCCO1. The lowest BCUT2D eigenvalue weighted by molar-refractivity contribution is -0.0975. The van der Waals surface area contributed by atoms with Crippen LogP contribution in [0.3, 0.4) is 0 Å². The molecule has 1 aromatic rings. The van der Waals surface area contributed by atoms with Crippen molar-refractivity contribution in [3.63, 3.8) is 0 Å². The molecule has 0 unspecified atom stereocenters. The second-order valence-electron chi connectivity index (χ2n) is 3.28. The summed E-state index contributed by atoms with van der Waals surface area (Å²) in [6.45, 7) is 2.40. The van der Waals surface area contributed by atoms with Crippen LogP contribution in [0.25, 0.3) is 0 Å². The summed E-state index contributed by atoms with van der Waals surface area (Å²) in [7, 11) is 0. The Hall–Kier alpha value is -0.420. The lowest BCUT2D eigenvalue weighted by Gasteiger charge is -2.10. The maximum atomic E-state index is 5.50. The van der Waals surface area contributed by atoms with Crippen LogP contribution in [0.5, 0.6) is 0 Å². The molecule has 0 bridgehead atoms. The van der Waals surface area contributed by atoms with Crippen molar-refractivity contribution in [3.8, 4) is 0 Å². The van der Waals surface area contributed by atoms with Crippen LogP contribution in [0.15, 0.2) is 28.7 Å². The Bertz CT molecular complexity index is 310. The topological polar surface area (TPSA) is 27.7 Å². The van der Waals surface area contributed by atoms with Gasteiger partial charge in [-0.05, 0) is 11.6 Å². The van der Waals surface area contributed by atoms with Gasteiger partial charge >= 0.3 is 0 Å². The maximum absolute atomic E-state index is 5.50. The molecule has 1 aromatic carbocycles. The van der Waals surface area contributed by atoms with Gasteiger partial charge in [0.05, 0.1) is 26.4 Å². The highest BCUT2D eigenvalue weighted by molar-refractivity contribution is 9.10. The number of halogens is 1. The third kappa shape index (κ3) is 3.28. The van der Waals surface area contributed by atoms with E-state index in [1.807, 2.05) is 24.3 Å². The molecule has 3 nitrogen and oxygen atoms in total. The van der Waals surface area contributed by atoms with Gasteiger partial charge in [0.15, 0.2) is 6.29 Å². The van der Waals surface area contributed by atoms with Gasteiger partial charge in [-0.1, -0.05) is 34.1 Å². The van der Waals surface area contributed by atoms with Gasteiger partial charge in [-0.3, -0.25) is 0 Å². The first kappa shape index (κ1) is 11.1. The van der Waals surface area contributed by atoms with E-state index in [0.29, 0.717) is 26.4 Å². The number of hydrogen-bond acceptors (Lipinski definition) is 3. The summed E-state index contributed by atoms with van der Waals surface area (Å²) in [4.78, 5) is 0. The molecule has 1 heterocycles. The Morgan fingerprint density at radius 1 is 1.27 bits per heavy atom. The summed E-state index contributed by atoms with van der Waals surface area (Å²) in [5, 5.41) is 0. The van der Waals surface area contributed by atoms with E-state index in [1.54, 1.807) is 0 Å². The average molecular weight is 273 g/mol. The van der Waals surface area contributed by atoms with Gasteiger partial charge in [0.25, 0.3) is 0 Å². The van der Waals surface area contributed by atoms with Crippen molar-refractivity contribution in [1.29, 1.82) is 0 Å². The van der Waals surface area contributed by atoms with E-state index in [9.17, 15) is 0 Å². The molecule has 0 atom stereocenters. The van der Waals surface area contributed by atoms with Crippen LogP contribution >= 0.6 is 15.9 Å². The Labute approximate surface area is 97.5 Å². The molecule has 0 radical (unpaired) electrons. The van der Waals surface area contributed by atoms with Crippen LogP contribution in [-0.2, 0) is 20.8 Å². The van der Waals surface area contributed by atoms with Crippen LogP contribution < -0.4 is 0 Å². The summed E-state index contributed by atoms with van der Waals surface area (Å²) in [6, 6.07) is 8.00. The van der Waals surface area contributed by atoms with E-state index >= 15 is 0 Å². The van der Waals surface area contributed by atoms with E-state index in [0.717, 1.165) is 10.0 Å². The van der Waals surface area contributed by atoms with Gasteiger partial charge in [0.1, 0.15) is 0 Å². The third-order valence-electron chi connectivity index (χ3n) is 2.16. The highest BCUT2D eigenvalue weighted by atomic mass is 79.9. The normalized spacial score (nSPS) is 17.1. The van der Waals surface area contributed by atoms with E-state index in [2.05, 4.69) is 15.9 Å². The Balaban J connectivity index is 1.75. The molecule has 1 aliphatic heterocycles. The summed E-state index contributed by atoms with van der Waals surface area (Å²) in [5.41, 5.74) is 1.13. The molecule has 0 amide bonds. The van der Waals surface area contributed by atoms with Crippen LogP contribution in [-0.4, -0.2) is 26.1 Å². The van der Waals surface area contributed by atoms with Crippen molar-refractivity contribution in [2.45, 2.75) is 12.9 Å². The smallest absolute Gasteiger partial charge is 0.181 e. The summed E-state index contributed by atoms with van der Waals surface area (Å²) >= 11 is 3.47. The molecule has 1 saturated heterocycles. The Kier molecular flexibility index (Phi) is 4.14. The quantitative estimate of drug-likeness (QED) is 0.842. The Morgan fingerprint density at radius 3 is 2.73 bits per heavy atom. The number of ether oxygens (including phenoxy) is 3. The fourth-order valence-electron chi connectivity index (χ4n) is 1.38. The van der Waals surface area contributed by atoms with Crippen molar-refractivity contribution >= 4 is 15.9 Å². The fraction of sp³-hybridized carbons (Fsp3) is 0.455. The van der Waals surface area contributed by atoms with Gasteiger partial charge in [0.2, 0.25) is 0 Å². The van der Waals surface area contributed by atoms with Crippen molar-refractivity contribution < 1.29 is 14.2 Å². The molecule has 1 fully saturated rings. The highest BCUT2D eigenvalue weighted by Crippen LogP contribution is 2.17. The van der Waals surface area contributed by atoms with Crippen molar-refractivity contribution in [1.82, 2.24) is 0 Å². The second-order valence-corrected chi connectivity index (χ2v) is 4.13. The fourth-order valence-corrected chi connectivity index (χ4v) is 1.78. The zero-order valence-electron chi connectivity index (χ0n) is 8.32. The molecular weight excluding hydrogens is 260 g/mol. The molecule has 0 aromatic heterocycles. The van der Waals surface area contributed by atoms with Gasteiger partial charge in [0, 0.05) is 4.47 Å². The zero-order chi connectivity index (χ0) is 10.5. The average Bonchev–Trinajstić information content (AvgIpc) is 2.74. The van der Waals surface area contributed by atoms with Crippen molar-refractivity contribution in [3.05, 3.63) is 34.3 Å². The Morgan fingerprint density at radius 2 is 2.00 bits per heavy atom. The molecule has 82 valence electrons. The molecule has 0 spiro atoms. The minimum absolute atomic E-state index is 0.188. The van der Waals surface area contributed by atoms with E-state index in [-0.39, 0.29) is 6.29 Å². The molecule has 15 heavy (non-hydrogen) atoms. The molecule has 4 heteroatoms. The first-order valence-electron chi connectivity index (χ1n) is 4.90. The largest absolute Gasteiger partial charge is 0.371 e. The van der Waals surface area contributed by atoms with E-state index in [4.69, 9.17) is 14.2 Å². The molecule has 2 rings (SSSR count). The number of hydrogen-bond donors (Lipinski definition) is 0. The van der Waals surface area contributed by atoms with Gasteiger partial charge in [-0.25, -0.2) is 0 Å². The molecule has 0 N–H and O–H groups in total. The van der Waals surface area contributed by atoms with E-state index in [1.165, 1.54) is 0 Å². The van der Waals surface area contributed by atoms with Gasteiger partial charge in [-0.2, -0.15) is 0 Å². The van der Waals surface area contributed by atoms with Crippen LogP contribution in [0.2, 0.25) is 0 Å². The first-order valence-corrected chi connectivity index (χ1v) is 5.70. The molecule has 0 saturated carbocycles. The first-order chi connectivity index (χ1) is 7.36. The monoisotopic (exact) mass is 272 g/mol. The predicted octanol–water partition coefficient (Wildman–Crippen LogP) is 2.34. The van der Waals surface area contributed by atoms with Crippen LogP contribution in [0.4, 0.5) is 0 Å². The number of rotatable bonds is 4. The van der Waals surface area contributed by atoms with Crippen LogP contribution in [0, 0.1) is 0 Å². The van der Waals surface area contributed by atoms with E-state index < -0.39 is 0 Å². The van der Waals surface area contributed by atoms with Gasteiger partial charge in [-0.15, -0.1) is 0 Å². The lowest BCUT2D eigenvalue weighted by Crippen LogP contribution is -2.16. The second kappa shape index (κ2) is 5.61. The lowest BCUT2D eigenvalue weighted by atomic mass is 10.2. The minimum atomic E-state index is -0.188. The van der Waals surface area contributed by atoms with Crippen molar-refractivity contribution in [2.24, 2.45) is 0 Å². The zero-order valence-corrected chi connectivity index (χ0v) is 9.90. The number of benzene rings is 1. The summed E-state index contributed by atoms with van der Waals surface area (Å²) in [5.74, 6) is 0. The van der Waals surface area contributed by atoms with Gasteiger partial charge < -0.3 is 14.2 Å². The molecule has 0 aliphatic carbocycles. The minimum Gasteiger partial charge on any atom is -0.371 e. The maximum Gasteiger partial charge on any atom is 0.181 e. The standard InChI is InChI=1S/C11H13BrO3/c12-10-4-2-1-3-9(10)7-13-8-11-14-5-6-15-11/h1-4,11H,5-8H2. The highest BCUT2D eigenvalue weighted by Gasteiger charge is 2.15. The van der Waals surface area contributed by atoms with Crippen LogP contribution in [0.1, 0.15) is 5.56 Å². The predicted molar refractivity (Wildman–Crippen MR) is 59.5 cm³/mol. The summed E-state index contributed by atoms with van der Waals surface area (Å²) in [6.07, 6.45) is -0.188. The molecule has 1 aliphatic rings. The third-order valence-corrected chi connectivity index (χ3v) is 2.93. The van der Waals surface area contributed by atoms with Crippen molar-refractivity contribution in [2.75, 3.05) is 19.8 Å².